The van der Waals surface area contributed by atoms with E-state index < -0.39 is 0 Å². The van der Waals surface area contributed by atoms with Crippen molar-refractivity contribution in [3.63, 3.8) is 0 Å². The normalized spacial score (nSPS) is 10.4. The van der Waals surface area contributed by atoms with Crippen molar-refractivity contribution < 1.29 is 0 Å². The molecule has 2 N–H and O–H groups in total. The van der Waals surface area contributed by atoms with E-state index in [0.29, 0.717) is 0 Å². The van der Waals surface area contributed by atoms with Gasteiger partial charge in [0.1, 0.15) is 17.5 Å². The Hall–Kier alpha value is -2.10. The van der Waals surface area contributed by atoms with Gasteiger partial charge >= 0.3 is 0 Å². The molecule has 0 aliphatic rings. The lowest BCUT2D eigenvalue weighted by molar-refractivity contribution is 0.936. The maximum Gasteiger partial charge on any atom is 0.134 e. The highest BCUT2D eigenvalue weighted by Gasteiger charge is 2.08. The molecule has 4 heteroatoms. The van der Waals surface area contributed by atoms with Crippen LogP contribution in [-0.4, -0.2) is 23.1 Å². The van der Waals surface area contributed by atoms with Crippen LogP contribution in [0.25, 0.3) is 0 Å². The molecule has 0 saturated heterocycles. The molecule has 112 valence electrons. The number of nitrogens with one attached hydrogen (secondary N) is 2. The topological polar surface area (TPSA) is 49.8 Å². The van der Waals surface area contributed by atoms with Crippen LogP contribution < -0.4 is 10.6 Å². The third-order valence-electron chi connectivity index (χ3n) is 3.35. The zero-order chi connectivity index (χ0) is 15.1. The highest BCUT2D eigenvalue weighted by atomic mass is 15.1. The molecule has 1 aromatic carbocycles. The molecule has 0 aliphatic heterocycles. The van der Waals surface area contributed by atoms with Gasteiger partial charge in [0, 0.05) is 18.7 Å². The van der Waals surface area contributed by atoms with E-state index in [0.717, 1.165) is 49.0 Å². The Kier molecular flexibility index (Phi) is 5.55. The summed E-state index contributed by atoms with van der Waals surface area (Å²) in [6.45, 7) is 7.94. The van der Waals surface area contributed by atoms with Gasteiger partial charge in [-0.2, -0.15) is 0 Å². The number of aryl methyl sites for hydroxylation is 1. The van der Waals surface area contributed by atoms with Crippen molar-refractivity contribution in [1.29, 1.82) is 0 Å². The van der Waals surface area contributed by atoms with Gasteiger partial charge < -0.3 is 10.6 Å². The molecule has 1 heterocycles. The molecule has 4 nitrogen and oxygen atoms in total. The first-order valence-electron chi connectivity index (χ1n) is 7.57. The maximum atomic E-state index is 4.51. The van der Waals surface area contributed by atoms with E-state index in [2.05, 4.69) is 58.7 Å². The Morgan fingerprint density at radius 2 is 1.52 bits per heavy atom. The predicted octanol–water partition coefficient (Wildman–Crippen LogP) is 3.57. The van der Waals surface area contributed by atoms with Crippen LogP contribution in [0.3, 0.4) is 0 Å². The second-order valence-electron chi connectivity index (χ2n) is 5.18. The third-order valence-corrected chi connectivity index (χ3v) is 3.35. The number of aromatic nitrogens is 2. The predicted molar refractivity (Wildman–Crippen MR) is 88.9 cm³/mol. The van der Waals surface area contributed by atoms with Gasteiger partial charge in [-0.25, -0.2) is 9.97 Å². The average Bonchev–Trinajstić information content (AvgIpc) is 2.50. The number of benzene rings is 1. The molecule has 2 aromatic rings. The summed E-state index contributed by atoms with van der Waals surface area (Å²) in [4.78, 5) is 8.99. The second-order valence-corrected chi connectivity index (χ2v) is 5.18. The SMILES string of the molecule is CCCNc1nc(C)nc(NCCc2ccccc2)c1C. The van der Waals surface area contributed by atoms with E-state index in [1.807, 2.05) is 13.0 Å². The van der Waals surface area contributed by atoms with Gasteiger partial charge in [0.05, 0.1) is 0 Å². The Morgan fingerprint density at radius 1 is 0.905 bits per heavy atom. The summed E-state index contributed by atoms with van der Waals surface area (Å²) < 4.78 is 0. The molecular formula is C17H24N4. The molecule has 1 aromatic heterocycles. The minimum atomic E-state index is 0.793. The van der Waals surface area contributed by atoms with Crippen LogP contribution in [0.15, 0.2) is 30.3 Å². The fourth-order valence-electron chi connectivity index (χ4n) is 2.19. The van der Waals surface area contributed by atoms with E-state index in [-0.39, 0.29) is 0 Å². The summed E-state index contributed by atoms with van der Waals surface area (Å²) in [7, 11) is 0. The number of nitrogens with zero attached hydrogens (tertiary/aromatic N) is 2. The summed E-state index contributed by atoms with van der Waals surface area (Å²) in [6, 6.07) is 10.5. The molecule has 0 atom stereocenters. The van der Waals surface area contributed by atoms with Crippen molar-refractivity contribution >= 4 is 11.6 Å². The lowest BCUT2D eigenvalue weighted by Gasteiger charge is -2.14. The van der Waals surface area contributed by atoms with Crippen LogP contribution in [0.5, 0.6) is 0 Å². The fraction of sp³-hybridized carbons (Fsp3) is 0.412. The number of hydrogen-bond donors (Lipinski definition) is 2. The first-order chi connectivity index (χ1) is 10.2. The van der Waals surface area contributed by atoms with Gasteiger partial charge in [0.15, 0.2) is 0 Å². The van der Waals surface area contributed by atoms with Gasteiger partial charge in [-0.05, 0) is 32.3 Å². The first kappa shape index (κ1) is 15.3. The molecule has 0 bridgehead atoms. The monoisotopic (exact) mass is 284 g/mol. The Morgan fingerprint density at radius 3 is 2.14 bits per heavy atom. The van der Waals surface area contributed by atoms with Crippen molar-refractivity contribution in [1.82, 2.24) is 9.97 Å². The number of anilines is 2. The van der Waals surface area contributed by atoms with Crippen LogP contribution in [0.2, 0.25) is 0 Å². The molecule has 0 saturated carbocycles. The minimum Gasteiger partial charge on any atom is -0.370 e. The van der Waals surface area contributed by atoms with Crippen molar-refractivity contribution in [2.45, 2.75) is 33.6 Å². The van der Waals surface area contributed by atoms with Crippen LogP contribution >= 0.6 is 0 Å². The number of rotatable bonds is 7. The molecular weight excluding hydrogens is 260 g/mol. The molecule has 0 radical (unpaired) electrons. The molecule has 2 rings (SSSR count). The molecule has 0 aliphatic carbocycles. The highest BCUT2D eigenvalue weighted by molar-refractivity contribution is 5.57. The Labute approximate surface area is 127 Å². The van der Waals surface area contributed by atoms with Crippen LogP contribution in [-0.2, 0) is 6.42 Å². The maximum absolute atomic E-state index is 4.51. The van der Waals surface area contributed by atoms with Gasteiger partial charge in [0.25, 0.3) is 0 Å². The van der Waals surface area contributed by atoms with Gasteiger partial charge in [-0.15, -0.1) is 0 Å². The van der Waals surface area contributed by atoms with Gasteiger partial charge in [-0.3, -0.25) is 0 Å². The second kappa shape index (κ2) is 7.62. The summed E-state index contributed by atoms with van der Waals surface area (Å²) in [5, 5.41) is 6.79. The standard InChI is InChI=1S/C17H24N4/c1-4-11-18-16-13(2)17(21-14(3)20-16)19-12-10-15-8-6-5-7-9-15/h5-9H,4,10-12H2,1-3H3,(H2,18,19,20,21). The van der Waals surface area contributed by atoms with Gasteiger partial charge in [-0.1, -0.05) is 37.3 Å². The summed E-state index contributed by atoms with van der Waals surface area (Å²) in [5.41, 5.74) is 2.42. The largest absolute Gasteiger partial charge is 0.370 e. The Bertz CT molecular complexity index is 567. The minimum absolute atomic E-state index is 0.793. The summed E-state index contributed by atoms with van der Waals surface area (Å²) in [5.74, 6) is 2.66. The molecule has 0 unspecified atom stereocenters. The lowest BCUT2D eigenvalue weighted by atomic mass is 10.1. The van der Waals surface area contributed by atoms with Crippen molar-refractivity contribution in [2.24, 2.45) is 0 Å². The van der Waals surface area contributed by atoms with Crippen molar-refractivity contribution in [3.05, 3.63) is 47.3 Å². The van der Waals surface area contributed by atoms with Crippen LogP contribution in [0, 0.1) is 13.8 Å². The van der Waals surface area contributed by atoms with E-state index >= 15 is 0 Å². The van der Waals surface area contributed by atoms with E-state index in [4.69, 9.17) is 0 Å². The summed E-state index contributed by atoms with van der Waals surface area (Å²) in [6.07, 6.45) is 2.07. The fourth-order valence-corrected chi connectivity index (χ4v) is 2.19. The number of hydrogen-bond acceptors (Lipinski definition) is 4. The zero-order valence-electron chi connectivity index (χ0n) is 13.1. The molecule has 21 heavy (non-hydrogen) atoms. The average molecular weight is 284 g/mol. The van der Waals surface area contributed by atoms with E-state index in [1.54, 1.807) is 0 Å². The third kappa shape index (κ3) is 4.45. The summed E-state index contributed by atoms with van der Waals surface area (Å²) >= 11 is 0. The van der Waals surface area contributed by atoms with Crippen molar-refractivity contribution in [3.8, 4) is 0 Å². The first-order valence-corrected chi connectivity index (χ1v) is 7.57. The quantitative estimate of drug-likeness (QED) is 0.816. The molecule has 0 spiro atoms. The molecule has 0 amide bonds. The van der Waals surface area contributed by atoms with Crippen LogP contribution in [0.1, 0.15) is 30.3 Å². The zero-order valence-corrected chi connectivity index (χ0v) is 13.1. The van der Waals surface area contributed by atoms with E-state index in [9.17, 15) is 0 Å². The Balaban J connectivity index is 2.00. The lowest BCUT2D eigenvalue weighted by Crippen LogP contribution is -2.12. The van der Waals surface area contributed by atoms with E-state index in [1.165, 1.54) is 5.56 Å². The highest BCUT2D eigenvalue weighted by Crippen LogP contribution is 2.19. The molecule has 0 fully saturated rings. The van der Waals surface area contributed by atoms with Gasteiger partial charge in [0.2, 0.25) is 0 Å². The van der Waals surface area contributed by atoms with Crippen molar-refractivity contribution in [2.75, 3.05) is 23.7 Å². The van der Waals surface area contributed by atoms with Crippen LogP contribution in [0.4, 0.5) is 11.6 Å². The smallest absolute Gasteiger partial charge is 0.134 e.